The largest absolute Gasteiger partial charge is 0.467 e. The molecule has 12 nitrogen and oxygen atoms in total. The maximum Gasteiger partial charge on any atom is 0.337 e. The average Bonchev–Trinajstić information content (AvgIpc) is 3.27. The number of carbonyl (C=O) groups excluding carboxylic acids is 3. The Morgan fingerprint density at radius 3 is 2.37 bits per heavy atom. The van der Waals surface area contributed by atoms with E-state index in [2.05, 4.69) is 0 Å². The summed E-state index contributed by atoms with van der Waals surface area (Å²) in [6.07, 6.45) is -2.73. The summed E-state index contributed by atoms with van der Waals surface area (Å²) in [5, 5.41) is 11.8. The van der Waals surface area contributed by atoms with Crippen molar-refractivity contribution in [3.8, 4) is 0 Å². The van der Waals surface area contributed by atoms with Crippen LogP contribution >= 0.6 is 0 Å². The fourth-order valence-corrected chi connectivity index (χ4v) is 3.75. The van der Waals surface area contributed by atoms with E-state index in [1.54, 1.807) is 6.92 Å². The average molecular weight is 424 g/mol. The minimum absolute atomic E-state index is 0.0986. The molecule has 0 aliphatic carbocycles. The predicted octanol–water partition coefficient (Wildman–Crippen LogP) is 0.646. The van der Waals surface area contributed by atoms with Crippen LogP contribution in [0.4, 0.5) is 5.69 Å². The molecule has 2 aliphatic heterocycles. The Bertz CT molecular complexity index is 857. The maximum absolute atomic E-state index is 12.9. The molecule has 1 aromatic carbocycles. The minimum atomic E-state index is -1.72. The molecule has 162 valence electrons. The summed E-state index contributed by atoms with van der Waals surface area (Å²) < 4.78 is 14.7. The molecule has 1 aromatic rings. The summed E-state index contributed by atoms with van der Waals surface area (Å²) in [5.41, 5.74) is -1.54. The van der Waals surface area contributed by atoms with Crippen molar-refractivity contribution in [3.05, 3.63) is 39.9 Å². The molecule has 2 aliphatic rings. The van der Waals surface area contributed by atoms with E-state index in [4.69, 9.17) is 23.9 Å². The van der Waals surface area contributed by atoms with Gasteiger partial charge in [0.15, 0.2) is 17.7 Å². The Morgan fingerprint density at radius 2 is 1.83 bits per heavy atom. The van der Waals surface area contributed by atoms with Crippen molar-refractivity contribution in [2.45, 2.75) is 37.0 Å². The van der Waals surface area contributed by atoms with E-state index >= 15 is 0 Å². The number of carbonyl (C=O) groups is 3. The van der Waals surface area contributed by atoms with Gasteiger partial charge in [-0.2, -0.15) is 0 Å². The molecule has 0 amide bonds. The standard InChI is InChI=1S/C18H20N2O10/c1-4-28-15(21)12-9-18(17(23)27-3)13(10-5-7-11(8-6-10)19(24)25)14(16(22)26-2)30-20(18)29-12/h5-8,12-14H,4,9H2,1-3H3/t12-,13-,14-,18+/m0/s1. The van der Waals surface area contributed by atoms with Crippen LogP contribution in [0.25, 0.3) is 0 Å². The van der Waals surface area contributed by atoms with Crippen LogP contribution in [0.1, 0.15) is 24.8 Å². The molecule has 0 unspecified atom stereocenters. The number of nitro groups is 1. The molecule has 4 atom stereocenters. The van der Waals surface area contributed by atoms with E-state index in [0.29, 0.717) is 5.56 Å². The molecule has 0 N–H and O–H groups in total. The lowest BCUT2D eigenvalue weighted by atomic mass is 9.74. The smallest absolute Gasteiger partial charge is 0.337 e. The van der Waals surface area contributed by atoms with Gasteiger partial charge in [0.1, 0.15) is 0 Å². The van der Waals surface area contributed by atoms with Gasteiger partial charge in [-0.05, 0) is 17.7 Å². The summed E-state index contributed by atoms with van der Waals surface area (Å²) >= 11 is 0. The molecule has 2 fully saturated rings. The zero-order chi connectivity index (χ0) is 22.1. The number of methoxy groups -OCH3 is 2. The van der Waals surface area contributed by atoms with E-state index in [1.165, 1.54) is 24.3 Å². The summed E-state index contributed by atoms with van der Waals surface area (Å²) in [6.45, 7) is 1.72. The topological polar surface area (TPSA) is 144 Å². The zero-order valence-corrected chi connectivity index (χ0v) is 16.4. The first kappa shape index (κ1) is 21.6. The van der Waals surface area contributed by atoms with E-state index in [1.807, 2.05) is 0 Å². The third kappa shape index (κ3) is 3.38. The van der Waals surface area contributed by atoms with E-state index in [-0.39, 0.29) is 18.7 Å². The number of esters is 3. The second kappa shape index (κ2) is 8.34. The minimum Gasteiger partial charge on any atom is -0.467 e. The van der Waals surface area contributed by atoms with Crippen LogP contribution in [0.15, 0.2) is 24.3 Å². The van der Waals surface area contributed by atoms with Crippen LogP contribution < -0.4 is 0 Å². The lowest BCUT2D eigenvalue weighted by Gasteiger charge is -2.30. The highest BCUT2D eigenvalue weighted by Gasteiger charge is 2.70. The van der Waals surface area contributed by atoms with Gasteiger partial charge in [-0.3, -0.25) is 19.8 Å². The highest BCUT2D eigenvalue weighted by atomic mass is 17.0. The van der Waals surface area contributed by atoms with Crippen LogP contribution in [0.5, 0.6) is 0 Å². The number of non-ortho nitro benzene ring substituents is 1. The molecule has 0 radical (unpaired) electrons. The number of nitrogens with zero attached hydrogens (tertiary/aromatic N) is 2. The number of ether oxygens (including phenoxy) is 3. The van der Waals surface area contributed by atoms with Gasteiger partial charge >= 0.3 is 17.9 Å². The lowest BCUT2D eigenvalue weighted by Crippen LogP contribution is -2.50. The van der Waals surface area contributed by atoms with E-state index in [9.17, 15) is 24.5 Å². The number of benzene rings is 1. The van der Waals surface area contributed by atoms with Crippen LogP contribution in [0, 0.1) is 10.1 Å². The predicted molar refractivity (Wildman–Crippen MR) is 95.4 cm³/mol. The Hall–Kier alpha value is -3.09. The molecule has 0 spiro atoms. The normalized spacial score (nSPS) is 27.9. The fraction of sp³-hybridized carbons (Fsp3) is 0.500. The number of hydrogen-bond donors (Lipinski definition) is 0. The van der Waals surface area contributed by atoms with Crippen molar-refractivity contribution in [1.29, 1.82) is 0 Å². The first-order valence-electron chi connectivity index (χ1n) is 9.01. The van der Waals surface area contributed by atoms with Gasteiger partial charge in [0.2, 0.25) is 0 Å². The van der Waals surface area contributed by atoms with Crippen LogP contribution in [-0.2, 0) is 38.3 Å². The maximum atomic E-state index is 12.9. The van der Waals surface area contributed by atoms with Crippen molar-refractivity contribution in [3.63, 3.8) is 0 Å². The first-order valence-corrected chi connectivity index (χ1v) is 9.01. The van der Waals surface area contributed by atoms with Crippen LogP contribution in [0.2, 0.25) is 0 Å². The summed E-state index contributed by atoms with van der Waals surface area (Å²) in [7, 11) is 2.29. The van der Waals surface area contributed by atoms with Crippen molar-refractivity contribution in [2.75, 3.05) is 20.8 Å². The van der Waals surface area contributed by atoms with Crippen molar-refractivity contribution in [1.82, 2.24) is 5.23 Å². The van der Waals surface area contributed by atoms with Gasteiger partial charge in [-0.1, -0.05) is 12.1 Å². The van der Waals surface area contributed by atoms with Gasteiger partial charge < -0.3 is 14.2 Å². The molecule has 0 bridgehead atoms. The molecule has 2 heterocycles. The lowest BCUT2D eigenvalue weighted by molar-refractivity contribution is -0.384. The third-order valence-corrected chi connectivity index (χ3v) is 5.06. The molecular weight excluding hydrogens is 404 g/mol. The van der Waals surface area contributed by atoms with Gasteiger partial charge in [0.25, 0.3) is 5.69 Å². The zero-order valence-electron chi connectivity index (χ0n) is 16.4. The quantitative estimate of drug-likeness (QED) is 0.275. The first-order chi connectivity index (χ1) is 14.3. The van der Waals surface area contributed by atoms with E-state index < -0.39 is 46.5 Å². The SMILES string of the molecule is CCOC(=O)[C@@H]1C[C@]2(C(=O)OC)[C@@H](c3ccc([N+](=O)[O-])cc3)[C@@H](C(=O)OC)ON2O1. The molecule has 12 heteroatoms. The second-order valence-electron chi connectivity index (χ2n) is 6.60. The summed E-state index contributed by atoms with van der Waals surface area (Å²) in [6, 6.07) is 5.26. The van der Waals surface area contributed by atoms with Crippen LogP contribution in [-0.4, -0.2) is 66.6 Å². The molecule has 2 saturated heterocycles. The van der Waals surface area contributed by atoms with Gasteiger partial charge in [-0.15, -0.1) is 0 Å². The number of nitro benzene ring substituents is 1. The number of hydroxylamine groups is 2. The monoisotopic (exact) mass is 424 g/mol. The molecular formula is C18H20N2O10. The Balaban J connectivity index is 2.09. The van der Waals surface area contributed by atoms with Crippen molar-refractivity contribution < 1.29 is 43.2 Å². The van der Waals surface area contributed by atoms with E-state index in [0.717, 1.165) is 19.4 Å². The summed E-state index contributed by atoms with van der Waals surface area (Å²) in [4.78, 5) is 59.0. The fourth-order valence-electron chi connectivity index (χ4n) is 3.75. The highest BCUT2D eigenvalue weighted by molar-refractivity contribution is 5.88. The molecule has 30 heavy (non-hydrogen) atoms. The van der Waals surface area contributed by atoms with Gasteiger partial charge in [0.05, 0.1) is 31.7 Å². The number of hydrogen-bond acceptors (Lipinski definition) is 11. The highest BCUT2D eigenvalue weighted by Crippen LogP contribution is 2.52. The molecule has 0 saturated carbocycles. The van der Waals surface area contributed by atoms with Gasteiger partial charge in [-0.25, -0.2) is 14.4 Å². The number of fused-ring (bicyclic) bond motifs is 1. The van der Waals surface area contributed by atoms with Crippen molar-refractivity contribution in [2.24, 2.45) is 0 Å². The molecule has 3 rings (SSSR count). The third-order valence-electron chi connectivity index (χ3n) is 5.06. The molecule has 0 aromatic heterocycles. The Labute approximate surface area is 170 Å². The Kier molecular flexibility index (Phi) is 6.01. The number of rotatable bonds is 6. The van der Waals surface area contributed by atoms with Gasteiger partial charge in [0, 0.05) is 18.6 Å². The van der Waals surface area contributed by atoms with Crippen LogP contribution in [0.3, 0.4) is 0 Å². The van der Waals surface area contributed by atoms with Crippen molar-refractivity contribution >= 4 is 23.6 Å². The second-order valence-corrected chi connectivity index (χ2v) is 6.60. The summed E-state index contributed by atoms with van der Waals surface area (Å²) in [5.74, 6) is -3.37. The Morgan fingerprint density at radius 1 is 1.17 bits per heavy atom.